The summed E-state index contributed by atoms with van der Waals surface area (Å²) in [7, 11) is 6.23. The van der Waals surface area contributed by atoms with Crippen molar-refractivity contribution in [1.82, 2.24) is 10.3 Å². The molecule has 1 aliphatic carbocycles. The third-order valence-electron chi connectivity index (χ3n) is 4.72. The summed E-state index contributed by atoms with van der Waals surface area (Å²) in [6, 6.07) is 9.36. The van der Waals surface area contributed by atoms with E-state index in [9.17, 15) is 14.3 Å². The number of carbonyl (C=O) groups is 1. The van der Waals surface area contributed by atoms with Gasteiger partial charge in [0, 0.05) is 18.2 Å². The van der Waals surface area contributed by atoms with Crippen molar-refractivity contribution in [3.63, 3.8) is 0 Å². The zero-order valence-electron chi connectivity index (χ0n) is 16.5. The van der Waals surface area contributed by atoms with E-state index < -0.39 is 6.04 Å². The smallest absolute Gasteiger partial charge is 0.224 e. The highest BCUT2D eigenvalue weighted by molar-refractivity contribution is 6.59. The Bertz CT molecular complexity index is 830. The highest BCUT2D eigenvalue weighted by atomic mass is 19.1. The molecule has 0 spiro atoms. The number of pyridine rings is 1. The number of hydrogen-bond acceptors (Lipinski definition) is 4. The second-order valence-electron chi connectivity index (χ2n) is 8.53. The maximum atomic E-state index is 13.4. The molecule has 0 radical (unpaired) electrons. The number of amides is 1. The molecule has 1 saturated carbocycles. The fourth-order valence-corrected chi connectivity index (χ4v) is 3.08. The number of hydrogen-bond donors (Lipinski definition) is 2. The van der Waals surface area contributed by atoms with Gasteiger partial charge in [0.15, 0.2) is 0 Å². The van der Waals surface area contributed by atoms with Gasteiger partial charge >= 0.3 is 0 Å². The second-order valence-corrected chi connectivity index (χ2v) is 8.53. The predicted molar refractivity (Wildman–Crippen MR) is 113 cm³/mol. The fourth-order valence-electron chi connectivity index (χ4n) is 3.08. The number of nitrogens with zero attached hydrogens (tertiary/aromatic N) is 1. The zero-order valence-corrected chi connectivity index (χ0v) is 16.5. The molecular formula is C19H24B3FN2O3. The summed E-state index contributed by atoms with van der Waals surface area (Å²) in [4.78, 5) is 16.8. The first-order valence-corrected chi connectivity index (χ1v) is 9.52. The van der Waals surface area contributed by atoms with E-state index in [1.54, 1.807) is 24.4 Å². The molecule has 0 unspecified atom stereocenters. The molecule has 1 aromatic carbocycles. The van der Waals surface area contributed by atoms with E-state index >= 15 is 0 Å². The number of aliphatic hydroxyl groups excluding tert-OH is 1. The minimum Gasteiger partial charge on any atom is -0.479 e. The molecule has 28 heavy (non-hydrogen) atoms. The van der Waals surface area contributed by atoms with Gasteiger partial charge in [-0.3, -0.25) is 4.79 Å². The number of ether oxygens (including phenoxy) is 1. The van der Waals surface area contributed by atoms with Crippen LogP contribution in [0.5, 0.6) is 5.88 Å². The summed E-state index contributed by atoms with van der Waals surface area (Å²) in [5.74, 6) is -0.0902. The number of aromatic nitrogens is 1. The van der Waals surface area contributed by atoms with Crippen LogP contribution in [-0.4, -0.2) is 52.8 Å². The van der Waals surface area contributed by atoms with Crippen LogP contribution in [0.15, 0.2) is 42.6 Å². The number of carbonyl (C=O) groups excluding carboxylic acids is 1. The quantitative estimate of drug-likeness (QED) is 0.608. The molecule has 5 nitrogen and oxygen atoms in total. The number of benzene rings is 1. The van der Waals surface area contributed by atoms with Crippen LogP contribution in [-0.2, 0) is 4.79 Å². The molecule has 2 aromatic rings. The molecule has 1 fully saturated rings. The standard InChI is InChI=1S/C19H24B3FN2O3/c20-19(21,22)10-28-17-5-4-12(8-24-17)16(9-26)25-18(27)15-7-14(15)11-2-1-3-13(23)6-11/h1-6,8,14-16,26H,7,9-10,20-22H2,(H,25,27)/t14-,15+,16+/m1/s1. The predicted octanol–water partition coefficient (Wildman–Crippen LogP) is -0.474. The highest BCUT2D eigenvalue weighted by Crippen LogP contribution is 2.47. The van der Waals surface area contributed by atoms with Crippen LogP contribution in [0.25, 0.3) is 0 Å². The van der Waals surface area contributed by atoms with E-state index in [-0.39, 0.29) is 35.3 Å². The van der Waals surface area contributed by atoms with E-state index in [2.05, 4.69) is 33.8 Å². The van der Waals surface area contributed by atoms with Gasteiger partial charge in [-0.05, 0) is 41.7 Å². The Morgan fingerprint density at radius 3 is 2.75 bits per heavy atom. The lowest BCUT2D eigenvalue weighted by atomic mass is 9.43. The molecule has 0 bridgehead atoms. The summed E-state index contributed by atoms with van der Waals surface area (Å²) in [5.41, 5.74) is 1.55. The fraction of sp³-hybridized carbons (Fsp3) is 0.368. The number of halogens is 1. The molecule has 0 aliphatic heterocycles. The number of rotatable bonds is 8. The maximum absolute atomic E-state index is 13.4. The summed E-state index contributed by atoms with van der Waals surface area (Å²) >= 11 is 0. The topological polar surface area (TPSA) is 71.5 Å². The van der Waals surface area contributed by atoms with E-state index in [4.69, 9.17) is 4.74 Å². The van der Waals surface area contributed by atoms with Crippen LogP contribution >= 0.6 is 0 Å². The molecule has 3 rings (SSSR count). The van der Waals surface area contributed by atoms with Crippen LogP contribution in [0.3, 0.4) is 0 Å². The number of aliphatic hydroxyl groups is 1. The van der Waals surface area contributed by atoms with Gasteiger partial charge in [0.25, 0.3) is 0 Å². The summed E-state index contributed by atoms with van der Waals surface area (Å²) < 4.78 is 19.0. The zero-order chi connectivity index (χ0) is 20.3. The first-order chi connectivity index (χ1) is 13.3. The van der Waals surface area contributed by atoms with Crippen LogP contribution < -0.4 is 10.1 Å². The van der Waals surface area contributed by atoms with Crippen LogP contribution in [0.1, 0.15) is 29.5 Å². The summed E-state index contributed by atoms with van der Waals surface area (Å²) in [5, 5.41) is 12.6. The van der Waals surface area contributed by atoms with Crippen molar-refractivity contribution in [3.05, 3.63) is 59.5 Å². The molecule has 144 valence electrons. The van der Waals surface area contributed by atoms with Gasteiger partial charge in [0.2, 0.25) is 11.8 Å². The highest BCUT2D eigenvalue weighted by Gasteiger charge is 2.44. The van der Waals surface area contributed by atoms with E-state index in [1.807, 2.05) is 6.07 Å². The van der Waals surface area contributed by atoms with Gasteiger partial charge in [-0.1, -0.05) is 17.2 Å². The van der Waals surface area contributed by atoms with Crippen LogP contribution in [0.2, 0.25) is 5.11 Å². The summed E-state index contributed by atoms with van der Waals surface area (Å²) in [6.45, 7) is 0.315. The largest absolute Gasteiger partial charge is 0.479 e. The molecule has 1 aromatic heterocycles. The van der Waals surface area contributed by atoms with Crippen LogP contribution in [0.4, 0.5) is 4.39 Å². The van der Waals surface area contributed by atoms with Crippen molar-refractivity contribution < 1.29 is 19.0 Å². The Balaban J connectivity index is 1.57. The van der Waals surface area contributed by atoms with Gasteiger partial charge in [0.1, 0.15) is 5.82 Å². The third-order valence-corrected chi connectivity index (χ3v) is 4.72. The van der Waals surface area contributed by atoms with Gasteiger partial charge in [-0.25, -0.2) is 9.37 Å². The lowest BCUT2D eigenvalue weighted by Crippen LogP contribution is -2.32. The van der Waals surface area contributed by atoms with Gasteiger partial charge in [-0.2, -0.15) is 0 Å². The molecule has 1 heterocycles. The monoisotopic (exact) mass is 380 g/mol. The molecule has 1 aliphatic rings. The van der Waals surface area contributed by atoms with Gasteiger partial charge in [-0.15, -0.1) is 0 Å². The second kappa shape index (κ2) is 8.39. The molecule has 1 amide bonds. The maximum Gasteiger partial charge on any atom is 0.224 e. The van der Waals surface area contributed by atoms with Crippen molar-refractivity contribution in [2.24, 2.45) is 5.92 Å². The molecular weight excluding hydrogens is 356 g/mol. The minimum atomic E-state index is -0.537. The van der Waals surface area contributed by atoms with Crippen molar-refractivity contribution >= 4 is 29.4 Å². The molecule has 9 heteroatoms. The minimum absolute atomic E-state index is 0.0290. The van der Waals surface area contributed by atoms with Crippen molar-refractivity contribution in [2.45, 2.75) is 23.5 Å². The number of nitrogens with one attached hydrogen (secondary N) is 1. The normalized spacial score (nSPS) is 19.6. The lowest BCUT2D eigenvalue weighted by Gasteiger charge is -2.19. The third kappa shape index (κ3) is 5.38. The van der Waals surface area contributed by atoms with Crippen molar-refractivity contribution in [3.8, 4) is 5.88 Å². The van der Waals surface area contributed by atoms with Gasteiger partial charge < -0.3 is 15.2 Å². The molecule has 0 saturated heterocycles. The van der Waals surface area contributed by atoms with Crippen molar-refractivity contribution in [2.75, 3.05) is 13.2 Å². The van der Waals surface area contributed by atoms with Crippen LogP contribution in [0, 0.1) is 11.7 Å². The SMILES string of the molecule is BC(B)(B)COc1ccc([C@H](CO)NC(=O)[C@H]2C[C@@H]2c2cccc(F)c2)cn1. The van der Waals surface area contributed by atoms with E-state index in [0.717, 1.165) is 5.56 Å². The average Bonchev–Trinajstić information content (AvgIpc) is 3.45. The molecule has 3 atom stereocenters. The van der Waals surface area contributed by atoms with Gasteiger partial charge in [0.05, 0.1) is 42.8 Å². The van der Waals surface area contributed by atoms with E-state index in [1.165, 1.54) is 12.1 Å². The Morgan fingerprint density at radius 2 is 2.14 bits per heavy atom. The molecule has 2 N–H and O–H groups in total. The van der Waals surface area contributed by atoms with Crippen molar-refractivity contribution in [1.29, 1.82) is 0 Å². The average molecular weight is 380 g/mol. The first kappa shape index (κ1) is 20.5. The summed E-state index contributed by atoms with van der Waals surface area (Å²) in [6.07, 6.45) is 2.29. The Morgan fingerprint density at radius 1 is 1.36 bits per heavy atom. The first-order valence-electron chi connectivity index (χ1n) is 9.52. The Labute approximate surface area is 167 Å². The Hall–Kier alpha value is -2.28. The lowest BCUT2D eigenvalue weighted by molar-refractivity contribution is -0.123. The Kier molecular flexibility index (Phi) is 6.13. The van der Waals surface area contributed by atoms with E-state index in [0.29, 0.717) is 24.5 Å².